The molecule has 0 bridgehead atoms. The lowest BCUT2D eigenvalue weighted by atomic mass is 10.0. The molecule has 0 atom stereocenters. The number of nitrogens with zero attached hydrogens (tertiary/aromatic N) is 1. The first-order chi connectivity index (χ1) is 15.1. The van der Waals surface area contributed by atoms with Gasteiger partial charge in [0, 0.05) is 39.3 Å². The van der Waals surface area contributed by atoms with E-state index < -0.39 is 0 Å². The fraction of sp³-hybridized carbons (Fsp3) is 0.192. The molecule has 1 saturated carbocycles. The van der Waals surface area contributed by atoms with Crippen LogP contribution in [-0.4, -0.2) is 15.5 Å². The first kappa shape index (κ1) is 19.7. The monoisotopic (exact) mass is 431 g/mol. The maximum absolute atomic E-state index is 13.4. The molecule has 0 aliphatic heterocycles. The molecule has 1 aliphatic rings. The van der Waals surface area contributed by atoms with Crippen LogP contribution in [0, 0.1) is 0 Å². The van der Waals surface area contributed by atoms with Crippen molar-refractivity contribution in [2.24, 2.45) is 0 Å². The van der Waals surface area contributed by atoms with Gasteiger partial charge in [-0.2, -0.15) is 0 Å². The lowest BCUT2D eigenvalue weighted by molar-refractivity contribution is 0.104. The van der Waals surface area contributed by atoms with Gasteiger partial charge in [0.1, 0.15) is 17.2 Å². The molecule has 1 fully saturated rings. The van der Waals surface area contributed by atoms with Crippen molar-refractivity contribution in [2.75, 3.05) is 0 Å². The van der Waals surface area contributed by atoms with Crippen LogP contribution >= 0.6 is 11.6 Å². The van der Waals surface area contributed by atoms with Crippen molar-refractivity contribution in [1.29, 1.82) is 0 Å². The van der Waals surface area contributed by atoms with E-state index in [1.807, 2.05) is 36.5 Å². The fourth-order valence-electron chi connectivity index (χ4n) is 4.37. The SMILES string of the molecule is O=C(c1ccc(O)cc1)c1cn(C2CCCC2)c2ccc(Oc3ccc(Cl)cc3)cc12. The number of carbonyl (C=O) groups excluding carboxylic acids is 1. The van der Waals surface area contributed by atoms with Gasteiger partial charge in [-0.3, -0.25) is 4.79 Å². The smallest absolute Gasteiger partial charge is 0.195 e. The highest BCUT2D eigenvalue weighted by Gasteiger charge is 2.23. The number of fused-ring (bicyclic) bond motifs is 1. The van der Waals surface area contributed by atoms with Gasteiger partial charge in [0.25, 0.3) is 0 Å². The molecule has 1 aliphatic carbocycles. The van der Waals surface area contributed by atoms with E-state index in [1.54, 1.807) is 36.4 Å². The molecule has 1 N–H and O–H groups in total. The van der Waals surface area contributed by atoms with Crippen LogP contribution in [0.2, 0.25) is 5.02 Å². The van der Waals surface area contributed by atoms with Gasteiger partial charge in [-0.25, -0.2) is 0 Å². The van der Waals surface area contributed by atoms with Crippen LogP contribution < -0.4 is 4.74 Å². The number of hydrogen-bond donors (Lipinski definition) is 1. The number of hydrogen-bond acceptors (Lipinski definition) is 3. The molecule has 0 unspecified atom stereocenters. The first-order valence-corrected chi connectivity index (χ1v) is 10.9. The van der Waals surface area contributed by atoms with Crippen LogP contribution in [0.3, 0.4) is 0 Å². The summed E-state index contributed by atoms with van der Waals surface area (Å²) in [6, 6.07) is 19.9. The number of aromatic nitrogens is 1. The van der Waals surface area contributed by atoms with Crippen molar-refractivity contribution in [3.63, 3.8) is 0 Å². The Hall–Kier alpha value is -3.24. The summed E-state index contributed by atoms with van der Waals surface area (Å²) in [5.74, 6) is 1.43. The van der Waals surface area contributed by atoms with Crippen LogP contribution in [0.4, 0.5) is 0 Å². The quantitative estimate of drug-likeness (QED) is 0.341. The number of ether oxygens (including phenoxy) is 1. The average Bonchev–Trinajstić information content (AvgIpc) is 3.43. The number of phenolic OH excluding ortho intramolecular Hbond substituents is 1. The second-order valence-corrected chi connectivity index (χ2v) is 8.44. The predicted octanol–water partition coefficient (Wildman–Crippen LogP) is 7.14. The Morgan fingerprint density at radius 3 is 2.32 bits per heavy atom. The number of carbonyl (C=O) groups is 1. The topological polar surface area (TPSA) is 51.5 Å². The van der Waals surface area contributed by atoms with Gasteiger partial charge in [0.15, 0.2) is 5.78 Å². The molecule has 0 amide bonds. The Balaban J connectivity index is 1.59. The minimum absolute atomic E-state index is 0.0645. The van der Waals surface area contributed by atoms with Gasteiger partial charge >= 0.3 is 0 Å². The van der Waals surface area contributed by atoms with Crippen LogP contribution in [0.25, 0.3) is 10.9 Å². The number of ketones is 1. The molecule has 4 aromatic rings. The Labute approximate surface area is 185 Å². The first-order valence-electron chi connectivity index (χ1n) is 10.5. The molecule has 31 heavy (non-hydrogen) atoms. The van der Waals surface area contributed by atoms with E-state index in [1.165, 1.54) is 12.8 Å². The lowest BCUT2D eigenvalue weighted by Crippen LogP contribution is -2.03. The zero-order valence-corrected chi connectivity index (χ0v) is 17.7. The third-order valence-electron chi connectivity index (χ3n) is 5.95. The predicted molar refractivity (Wildman–Crippen MR) is 123 cm³/mol. The standard InChI is InChI=1S/C26H22ClNO3/c27-18-7-11-21(12-8-18)31-22-13-14-25-23(15-22)24(16-28(25)19-3-1-2-4-19)26(30)17-5-9-20(29)10-6-17/h5-16,19,29H,1-4H2. The van der Waals surface area contributed by atoms with E-state index in [2.05, 4.69) is 4.57 Å². The van der Waals surface area contributed by atoms with Gasteiger partial charge in [0.2, 0.25) is 0 Å². The van der Waals surface area contributed by atoms with Crippen LogP contribution in [0.5, 0.6) is 17.2 Å². The average molecular weight is 432 g/mol. The number of phenols is 1. The van der Waals surface area contributed by atoms with E-state index in [0.717, 1.165) is 23.7 Å². The highest BCUT2D eigenvalue weighted by molar-refractivity contribution is 6.30. The van der Waals surface area contributed by atoms with Gasteiger partial charge < -0.3 is 14.4 Å². The number of rotatable bonds is 5. The third-order valence-corrected chi connectivity index (χ3v) is 6.20. The third kappa shape index (κ3) is 3.91. The summed E-state index contributed by atoms with van der Waals surface area (Å²) < 4.78 is 8.27. The lowest BCUT2D eigenvalue weighted by Gasteiger charge is -2.13. The summed E-state index contributed by atoms with van der Waals surface area (Å²) in [4.78, 5) is 13.4. The van der Waals surface area contributed by atoms with Crippen LogP contribution in [0.1, 0.15) is 47.6 Å². The van der Waals surface area contributed by atoms with Crippen molar-refractivity contribution < 1.29 is 14.6 Å². The summed E-state index contributed by atoms with van der Waals surface area (Å²) in [5, 5.41) is 11.1. The van der Waals surface area contributed by atoms with Crippen molar-refractivity contribution in [3.8, 4) is 17.2 Å². The Bertz CT molecular complexity index is 1240. The normalized spacial score (nSPS) is 14.2. The molecule has 3 aromatic carbocycles. The number of halogens is 1. The highest BCUT2D eigenvalue weighted by atomic mass is 35.5. The second kappa shape index (κ2) is 8.12. The van der Waals surface area contributed by atoms with E-state index in [-0.39, 0.29) is 11.5 Å². The van der Waals surface area contributed by atoms with Crippen LogP contribution in [-0.2, 0) is 0 Å². The number of aromatic hydroxyl groups is 1. The Morgan fingerprint density at radius 2 is 1.61 bits per heavy atom. The van der Waals surface area contributed by atoms with Gasteiger partial charge in [-0.05, 0) is 79.6 Å². The Morgan fingerprint density at radius 1 is 0.935 bits per heavy atom. The molecule has 0 spiro atoms. The van der Waals surface area contributed by atoms with Crippen molar-refractivity contribution in [1.82, 2.24) is 4.57 Å². The summed E-state index contributed by atoms with van der Waals surface area (Å²) in [7, 11) is 0. The van der Waals surface area contributed by atoms with Crippen molar-refractivity contribution in [2.45, 2.75) is 31.7 Å². The summed E-state index contributed by atoms with van der Waals surface area (Å²) in [6.07, 6.45) is 6.66. The maximum Gasteiger partial charge on any atom is 0.195 e. The molecule has 0 radical (unpaired) electrons. The Kier molecular flexibility index (Phi) is 5.16. The molecule has 5 heteroatoms. The molecule has 1 aromatic heterocycles. The molecule has 4 nitrogen and oxygen atoms in total. The van der Waals surface area contributed by atoms with Gasteiger partial charge in [0.05, 0.1) is 0 Å². The second-order valence-electron chi connectivity index (χ2n) is 8.00. The summed E-state index contributed by atoms with van der Waals surface area (Å²) >= 11 is 5.97. The summed E-state index contributed by atoms with van der Waals surface area (Å²) in [5.41, 5.74) is 2.24. The molecular weight excluding hydrogens is 410 g/mol. The highest BCUT2D eigenvalue weighted by Crippen LogP contribution is 2.37. The minimum atomic E-state index is -0.0645. The van der Waals surface area contributed by atoms with Crippen molar-refractivity contribution in [3.05, 3.63) is 89.1 Å². The van der Waals surface area contributed by atoms with Gasteiger partial charge in [-0.15, -0.1) is 0 Å². The summed E-state index contributed by atoms with van der Waals surface area (Å²) in [6.45, 7) is 0. The maximum atomic E-state index is 13.4. The minimum Gasteiger partial charge on any atom is -0.508 e. The largest absolute Gasteiger partial charge is 0.508 e. The fourth-order valence-corrected chi connectivity index (χ4v) is 4.50. The zero-order chi connectivity index (χ0) is 21.4. The van der Waals surface area contributed by atoms with E-state index in [4.69, 9.17) is 16.3 Å². The molecule has 1 heterocycles. The van der Waals surface area contributed by atoms with E-state index in [9.17, 15) is 9.90 Å². The van der Waals surface area contributed by atoms with Crippen LogP contribution in [0.15, 0.2) is 72.9 Å². The molecule has 0 saturated heterocycles. The molecule has 5 rings (SSSR count). The van der Waals surface area contributed by atoms with E-state index in [0.29, 0.717) is 33.7 Å². The zero-order valence-electron chi connectivity index (χ0n) is 16.9. The molecular formula is C26H22ClNO3. The number of benzene rings is 3. The molecule has 156 valence electrons. The van der Waals surface area contributed by atoms with E-state index >= 15 is 0 Å². The van der Waals surface area contributed by atoms with Gasteiger partial charge in [-0.1, -0.05) is 24.4 Å². The van der Waals surface area contributed by atoms with Crippen molar-refractivity contribution >= 4 is 28.3 Å².